The zero-order valence-electron chi connectivity index (χ0n) is 11.2. The molecule has 0 saturated heterocycles. The predicted molar refractivity (Wildman–Crippen MR) is 74.7 cm³/mol. The topological polar surface area (TPSA) is 15.3 Å². The number of anilines is 1. The lowest BCUT2D eigenvalue weighted by molar-refractivity contribution is 0.565. The third kappa shape index (κ3) is 3.47. The Morgan fingerprint density at radius 2 is 2.18 bits per heavy atom. The Morgan fingerprint density at radius 1 is 1.41 bits per heavy atom. The van der Waals surface area contributed by atoms with Gasteiger partial charge in [0.05, 0.1) is 0 Å². The van der Waals surface area contributed by atoms with Crippen LogP contribution in [0.25, 0.3) is 0 Å². The van der Waals surface area contributed by atoms with Gasteiger partial charge in [0.15, 0.2) is 0 Å². The lowest BCUT2D eigenvalue weighted by Crippen LogP contribution is -2.41. The second-order valence-electron chi connectivity index (χ2n) is 5.16. The molecule has 0 aromatic heterocycles. The van der Waals surface area contributed by atoms with Gasteiger partial charge in [-0.3, -0.25) is 0 Å². The van der Waals surface area contributed by atoms with Gasteiger partial charge < -0.3 is 10.2 Å². The fraction of sp³-hybridized carbons (Fsp3) is 0.600. The van der Waals surface area contributed by atoms with E-state index in [-0.39, 0.29) is 0 Å². The van der Waals surface area contributed by atoms with E-state index in [1.165, 1.54) is 24.1 Å². The molecule has 1 saturated carbocycles. The molecule has 1 unspecified atom stereocenters. The van der Waals surface area contributed by atoms with Crippen LogP contribution in [0.15, 0.2) is 24.3 Å². The first kappa shape index (κ1) is 12.4. The van der Waals surface area contributed by atoms with E-state index in [0.29, 0.717) is 6.04 Å². The van der Waals surface area contributed by atoms with Crippen molar-refractivity contribution in [2.24, 2.45) is 0 Å². The number of hydrogen-bond donors (Lipinski definition) is 1. The van der Waals surface area contributed by atoms with Crippen LogP contribution in [0.2, 0.25) is 0 Å². The second kappa shape index (κ2) is 5.54. The molecular weight excluding hydrogens is 208 g/mol. The van der Waals surface area contributed by atoms with E-state index in [0.717, 1.165) is 19.1 Å². The number of rotatable bonds is 6. The van der Waals surface area contributed by atoms with Crippen molar-refractivity contribution in [3.05, 3.63) is 29.8 Å². The number of nitrogens with zero attached hydrogens (tertiary/aromatic N) is 1. The quantitative estimate of drug-likeness (QED) is 0.811. The van der Waals surface area contributed by atoms with Gasteiger partial charge in [-0.15, -0.1) is 0 Å². The number of aryl methyl sites for hydroxylation is 1. The fourth-order valence-corrected chi connectivity index (χ4v) is 2.29. The number of nitrogens with one attached hydrogen (secondary N) is 1. The van der Waals surface area contributed by atoms with Crippen molar-refractivity contribution in [2.45, 2.75) is 45.7 Å². The number of likely N-dealkylation sites (N-methyl/N-ethyl adjacent to an activating group) is 1. The zero-order valence-corrected chi connectivity index (χ0v) is 11.2. The molecule has 1 aliphatic rings. The van der Waals surface area contributed by atoms with Crippen LogP contribution in [0.5, 0.6) is 0 Å². The maximum absolute atomic E-state index is 3.61. The summed E-state index contributed by atoms with van der Waals surface area (Å²) in [5, 5.41) is 3.61. The monoisotopic (exact) mass is 232 g/mol. The molecular formula is C15H24N2. The van der Waals surface area contributed by atoms with Crippen molar-refractivity contribution in [2.75, 3.05) is 18.0 Å². The van der Waals surface area contributed by atoms with E-state index in [2.05, 4.69) is 55.3 Å². The maximum Gasteiger partial charge on any atom is 0.0386 e. The van der Waals surface area contributed by atoms with E-state index in [1.54, 1.807) is 0 Å². The Morgan fingerprint density at radius 3 is 2.76 bits per heavy atom. The van der Waals surface area contributed by atoms with Gasteiger partial charge >= 0.3 is 0 Å². The SMILES string of the molecule is CCN(c1cccc(C)c1)C(C)CNC1CC1. The molecule has 94 valence electrons. The Kier molecular flexibility index (Phi) is 4.06. The summed E-state index contributed by atoms with van der Waals surface area (Å²) in [6, 6.07) is 10.1. The fourth-order valence-electron chi connectivity index (χ4n) is 2.29. The van der Waals surface area contributed by atoms with Crippen LogP contribution in [0, 0.1) is 6.92 Å². The smallest absolute Gasteiger partial charge is 0.0386 e. The minimum atomic E-state index is 0.558. The normalized spacial score (nSPS) is 16.9. The van der Waals surface area contributed by atoms with Crippen molar-refractivity contribution in [1.29, 1.82) is 0 Å². The Balaban J connectivity index is 1.98. The number of benzene rings is 1. The Labute approximate surface area is 105 Å². The highest BCUT2D eigenvalue weighted by Crippen LogP contribution is 2.21. The molecule has 1 fully saturated rings. The Hall–Kier alpha value is -1.02. The van der Waals surface area contributed by atoms with Gasteiger partial charge in [-0.25, -0.2) is 0 Å². The first-order valence-electron chi connectivity index (χ1n) is 6.77. The second-order valence-corrected chi connectivity index (χ2v) is 5.16. The molecule has 1 N–H and O–H groups in total. The summed E-state index contributed by atoms with van der Waals surface area (Å²) in [4.78, 5) is 2.47. The highest BCUT2D eigenvalue weighted by Gasteiger charge is 2.22. The molecule has 1 aromatic carbocycles. The standard InChI is InChI=1S/C15H24N2/c1-4-17(13(3)11-16-14-8-9-14)15-7-5-6-12(2)10-15/h5-7,10,13-14,16H,4,8-9,11H2,1-3H3. The van der Waals surface area contributed by atoms with Crippen LogP contribution in [0.1, 0.15) is 32.3 Å². The van der Waals surface area contributed by atoms with Crippen molar-refractivity contribution in [3.8, 4) is 0 Å². The summed E-state index contributed by atoms with van der Waals surface area (Å²) in [6.45, 7) is 8.85. The molecule has 0 spiro atoms. The van der Waals surface area contributed by atoms with Gasteiger partial charge in [-0.1, -0.05) is 12.1 Å². The highest BCUT2D eigenvalue weighted by atomic mass is 15.2. The summed E-state index contributed by atoms with van der Waals surface area (Å²) >= 11 is 0. The van der Waals surface area contributed by atoms with E-state index in [9.17, 15) is 0 Å². The third-order valence-electron chi connectivity index (χ3n) is 3.49. The van der Waals surface area contributed by atoms with Gasteiger partial charge in [0.25, 0.3) is 0 Å². The number of hydrogen-bond acceptors (Lipinski definition) is 2. The highest BCUT2D eigenvalue weighted by molar-refractivity contribution is 5.49. The first-order chi connectivity index (χ1) is 8.20. The molecule has 0 bridgehead atoms. The van der Waals surface area contributed by atoms with Crippen molar-refractivity contribution in [3.63, 3.8) is 0 Å². The molecule has 2 rings (SSSR count). The predicted octanol–water partition coefficient (Wildman–Crippen LogP) is 2.96. The largest absolute Gasteiger partial charge is 0.368 e. The van der Waals surface area contributed by atoms with Crippen molar-refractivity contribution >= 4 is 5.69 Å². The van der Waals surface area contributed by atoms with E-state index >= 15 is 0 Å². The van der Waals surface area contributed by atoms with Gasteiger partial charge in [0.1, 0.15) is 0 Å². The van der Waals surface area contributed by atoms with Gasteiger partial charge in [0.2, 0.25) is 0 Å². The van der Waals surface area contributed by atoms with Crippen LogP contribution >= 0.6 is 0 Å². The van der Waals surface area contributed by atoms with Crippen molar-refractivity contribution in [1.82, 2.24) is 5.32 Å². The minimum absolute atomic E-state index is 0.558. The summed E-state index contributed by atoms with van der Waals surface area (Å²) in [5.74, 6) is 0. The lowest BCUT2D eigenvalue weighted by atomic mass is 10.1. The molecule has 17 heavy (non-hydrogen) atoms. The molecule has 1 atom stereocenters. The zero-order chi connectivity index (χ0) is 12.3. The summed E-state index contributed by atoms with van der Waals surface area (Å²) in [5.41, 5.74) is 2.68. The Bertz CT molecular complexity index is 358. The summed E-state index contributed by atoms with van der Waals surface area (Å²) in [7, 11) is 0. The third-order valence-corrected chi connectivity index (χ3v) is 3.49. The van der Waals surface area contributed by atoms with Crippen LogP contribution in [0.3, 0.4) is 0 Å². The maximum atomic E-state index is 3.61. The van der Waals surface area contributed by atoms with E-state index < -0.39 is 0 Å². The molecule has 0 amide bonds. The molecule has 0 radical (unpaired) electrons. The summed E-state index contributed by atoms with van der Waals surface area (Å²) < 4.78 is 0. The molecule has 1 aliphatic carbocycles. The molecule has 2 heteroatoms. The average molecular weight is 232 g/mol. The van der Waals surface area contributed by atoms with Crippen molar-refractivity contribution < 1.29 is 0 Å². The average Bonchev–Trinajstić information content (AvgIpc) is 3.11. The minimum Gasteiger partial charge on any atom is -0.368 e. The van der Waals surface area contributed by atoms with Crippen LogP contribution < -0.4 is 10.2 Å². The van der Waals surface area contributed by atoms with Crippen LogP contribution in [-0.2, 0) is 0 Å². The van der Waals surface area contributed by atoms with Gasteiger partial charge in [-0.05, 0) is 51.3 Å². The molecule has 0 aliphatic heterocycles. The van der Waals surface area contributed by atoms with Gasteiger partial charge in [0, 0.05) is 30.9 Å². The molecule has 2 nitrogen and oxygen atoms in total. The van der Waals surface area contributed by atoms with E-state index in [4.69, 9.17) is 0 Å². The first-order valence-corrected chi connectivity index (χ1v) is 6.77. The molecule has 1 aromatic rings. The van der Waals surface area contributed by atoms with E-state index in [1.807, 2.05) is 0 Å². The van der Waals surface area contributed by atoms with Gasteiger partial charge in [-0.2, -0.15) is 0 Å². The summed E-state index contributed by atoms with van der Waals surface area (Å²) in [6.07, 6.45) is 2.73. The van der Waals surface area contributed by atoms with Crippen LogP contribution in [-0.4, -0.2) is 25.2 Å². The van der Waals surface area contributed by atoms with Crippen LogP contribution in [0.4, 0.5) is 5.69 Å². The molecule has 0 heterocycles. The lowest BCUT2D eigenvalue weighted by Gasteiger charge is -2.30.